The Balaban J connectivity index is 1.68. The molecular formula is C13H14N4O4. The van der Waals surface area contributed by atoms with Crippen LogP contribution in [0.2, 0.25) is 0 Å². The van der Waals surface area contributed by atoms with E-state index in [9.17, 15) is 9.59 Å². The van der Waals surface area contributed by atoms with Gasteiger partial charge in [-0.15, -0.1) is 0 Å². The van der Waals surface area contributed by atoms with Gasteiger partial charge in [0.25, 0.3) is 0 Å². The van der Waals surface area contributed by atoms with Gasteiger partial charge < -0.3 is 14.4 Å². The second kappa shape index (κ2) is 5.04. The zero-order valence-corrected chi connectivity index (χ0v) is 11.6. The van der Waals surface area contributed by atoms with Crippen molar-refractivity contribution < 1.29 is 18.6 Å². The molecule has 2 amide bonds. The Labute approximate surface area is 120 Å². The normalized spacial score (nSPS) is 18.3. The monoisotopic (exact) mass is 290 g/mol. The molecule has 110 valence electrons. The van der Waals surface area contributed by atoms with Crippen LogP contribution in [0.5, 0.6) is 0 Å². The summed E-state index contributed by atoms with van der Waals surface area (Å²) in [5.74, 6) is 1.13. The van der Waals surface area contributed by atoms with Gasteiger partial charge in [0, 0.05) is 25.1 Å². The Morgan fingerprint density at radius 3 is 2.62 bits per heavy atom. The lowest BCUT2D eigenvalue weighted by molar-refractivity contribution is -0.122. The Hall–Kier alpha value is -2.64. The third-order valence-corrected chi connectivity index (χ3v) is 3.27. The minimum atomic E-state index is -0.452. The van der Waals surface area contributed by atoms with Crippen molar-refractivity contribution in [2.75, 3.05) is 16.8 Å². The molecule has 1 unspecified atom stereocenters. The van der Waals surface area contributed by atoms with Gasteiger partial charge in [-0.1, -0.05) is 10.3 Å². The van der Waals surface area contributed by atoms with Crippen LogP contribution in [0.15, 0.2) is 21.2 Å². The third kappa shape index (κ3) is 2.64. The number of aromatic nitrogens is 2. The predicted molar refractivity (Wildman–Crippen MR) is 71.6 cm³/mol. The van der Waals surface area contributed by atoms with Gasteiger partial charge in [-0.2, -0.15) is 0 Å². The van der Waals surface area contributed by atoms with E-state index in [-0.39, 0.29) is 24.8 Å². The predicted octanol–water partition coefficient (Wildman–Crippen LogP) is 1.27. The van der Waals surface area contributed by atoms with Crippen molar-refractivity contribution in [2.45, 2.75) is 20.3 Å². The van der Waals surface area contributed by atoms with Gasteiger partial charge in [0.05, 0.1) is 5.92 Å². The van der Waals surface area contributed by atoms with E-state index in [0.717, 1.165) is 0 Å². The molecule has 1 aliphatic heterocycles. The first-order chi connectivity index (χ1) is 10.0. The van der Waals surface area contributed by atoms with E-state index in [4.69, 9.17) is 9.05 Å². The molecule has 0 aromatic carbocycles. The lowest BCUT2D eigenvalue weighted by Crippen LogP contribution is -2.28. The number of hydrogen-bond acceptors (Lipinski definition) is 6. The van der Waals surface area contributed by atoms with Crippen molar-refractivity contribution >= 4 is 23.5 Å². The number of rotatable bonds is 3. The van der Waals surface area contributed by atoms with Crippen molar-refractivity contribution in [3.8, 4) is 0 Å². The zero-order valence-electron chi connectivity index (χ0n) is 11.6. The SMILES string of the molecule is Cc1cc(NC(=O)C2CC(=O)N(c3cc(C)on3)C2)no1. The van der Waals surface area contributed by atoms with E-state index in [1.165, 1.54) is 4.90 Å². The highest BCUT2D eigenvalue weighted by atomic mass is 16.5. The lowest BCUT2D eigenvalue weighted by atomic mass is 10.1. The maximum Gasteiger partial charge on any atom is 0.231 e. The maximum absolute atomic E-state index is 12.1. The molecule has 1 saturated heterocycles. The number of carbonyl (C=O) groups excluding carboxylic acids is 2. The molecule has 1 atom stereocenters. The van der Waals surface area contributed by atoms with Gasteiger partial charge in [0.1, 0.15) is 11.5 Å². The van der Waals surface area contributed by atoms with Gasteiger partial charge in [0.2, 0.25) is 11.8 Å². The summed E-state index contributed by atoms with van der Waals surface area (Å²) in [5, 5.41) is 10.1. The largest absolute Gasteiger partial charge is 0.360 e. The van der Waals surface area contributed by atoms with Crippen LogP contribution in [-0.2, 0) is 9.59 Å². The first-order valence-electron chi connectivity index (χ1n) is 6.51. The fourth-order valence-corrected chi connectivity index (χ4v) is 2.24. The van der Waals surface area contributed by atoms with Gasteiger partial charge in [0.15, 0.2) is 11.6 Å². The molecule has 2 aromatic rings. The van der Waals surface area contributed by atoms with E-state index in [1.54, 1.807) is 26.0 Å². The number of carbonyl (C=O) groups is 2. The van der Waals surface area contributed by atoms with Crippen LogP contribution in [0, 0.1) is 19.8 Å². The fourth-order valence-electron chi connectivity index (χ4n) is 2.24. The Morgan fingerprint density at radius 2 is 2.00 bits per heavy atom. The summed E-state index contributed by atoms with van der Waals surface area (Å²) >= 11 is 0. The Bertz CT molecular complexity index is 690. The van der Waals surface area contributed by atoms with E-state index in [2.05, 4.69) is 15.6 Å². The second-order valence-electron chi connectivity index (χ2n) is 5.01. The number of amides is 2. The molecule has 3 rings (SSSR count). The first kappa shape index (κ1) is 13.3. The third-order valence-electron chi connectivity index (χ3n) is 3.27. The summed E-state index contributed by atoms with van der Waals surface area (Å²) < 4.78 is 9.83. The summed E-state index contributed by atoms with van der Waals surface area (Å²) in [4.78, 5) is 25.6. The van der Waals surface area contributed by atoms with Gasteiger partial charge >= 0.3 is 0 Å². The molecule has 1 N–H and O–H groups in total. The van der Waals surface area contributed by atoms with Crippen LogP contribution in [0.25, 0.3) is 0 Å². The van der Waals surface area contributed by atoms with Crippen molar-refractivity contribution in [3.63, 3.8) is 0 Å². The van der Waals surface area contributed by atoms with Crippen LogP contribution in [-0.4, -0.2) is 28.7 Å². The average molecular weight is 290 g/mol. The molecule has 1 fully saturated rings. The van der Waals surface area contributed by atoms with Crippen molar-refractivity contribution in [1.82, 2.24) is 10.3 Å². The molecule has 0 bridgehead atoms. The lowest BCUT2D eigenvalue weighted by Gasteiger charge is -2.12. The summed E-state index contributed by atoms with van der Waals surface area (Å²) in [7, 11) is 0. The van der Waals surface area contributed by atoms with E-state index >= 15 is 0 Å². The molecule has 0 radical (unpaired) electrons. The van der Waals surface area contributed by atoms with Crippen molar-refractivity contribution in [3.05, 3.63) is 23.7 Å². The molecule has 8 heteroatoms. The molecule has 3 heterocycles. The number of anilines is 2. The molecule has 0 aliphatic carbocycles. The first-order valence-corrected chi connectivity index (χ1v) is 6.51. The quantitative estimate of drug-likeness (QED) is 0.913. The van der Waals surface area contributed by atoms with Crippen molar-refractivity contribution in [1.29, 1.82) is 0 Å². The van der Waals surface area contributed by atoms with Crippen LogP contribution >= 0.6 is 0 Å². The molecule has 8 nitrogen and oxygen atoms in total. The number of hydrogen-bond donors (Lipinski definition) is 1. The van der Waals surface area contributed by atoms with Crippen LogP contribution in [0.4, 0.5) is 11.6 Å². The van der Waals surface area contributed by atoms with Crippen LogP contribution in [0.3, 0.4) is 0 Å². The summed E-state index contributed by atoms with van der Waals surface area (Å²) in [6, 6.07) is 3.28. The highest BCUT2D eigenvalue weighted by Crippen LogP contribution is 2.25. The summed E-state index contributed by atoms with van der Waals surface area (Å²) in [5.41, 5.74) is 0. The highest BCUT2D eigenvalue weighted by Gasteiger charge is 2.36. The van der Waals surface area contributed by atoms with Crippen molar-refractivity contribution in [2.24, 2.45) is 5.92 Å². The van der Waals surface area contributed by atoms with Crippen LogP contribution in [0.1, 0.15) is 17.9 Å². The minimum absolute atomic E-state index is 0.134. The maximum atomic E-state index is 12.1. The summed E-state index contributed by atoms with van der Waals surface area (Å²) in [6.45, 7) is 3.75. The number of aryl methyl sites for hydroxylation is 2. The zero-order chi connectivity index (χ0) is 15.0. The minimum Gasteiger partial charge on any atom is -0.360 e. The standard InChI is InChI=1S/C13H14N4O4/c1-7-3-10(15-20-7)14-13(19)9-5-12(18)17(6-9)11-4-8(2)21-16-11/h3-4,9H,5-6H2,1-2H3,(H,14,15,19). The number of nitrogens with one attached hydrogen (secondary N) is 1. The smallest absolute Gasteiger partial charge is 0.231 e. The molecule has 2 aromatic heterocycles. The molecular weight excluding hydrogens is 276 g/mol. The highest BCUT2D eigenvalue weighted by molar-refractivity contribution is 6.02. The number of nitrogens with zero attached hydrogens (tertiary/aromatic N) is 3. The molecule has 1 aliphatic rings. The fraction of sp³-hybridized carbons (Fsp3) is 0.385. The Morgan fingerprint density at radius 1 is 1.29 bits per heavy atom. The van der Waals surface area contributed by atoms with E-state index in [0.29, 0.717) is 23.2 Å². The topological polar surface area (TPSA) is 101 Å². The second-order valence-corrected chi connectivity index (χ2v) is 5.01. The summed E-state index contributed by atoms with van der Waals surface area (Å²) in [6.07, 6.45) is 0.134. The average Bonchev–Trinajstić information content (AvgIpc) is 3.11. The molecule has 0 spiro atoms. The molecule has 21 heavy (non-hydrogen) atoms. The molecule has 0 saturated carbocycles. The van der Waals surface area contributed by atoms with Gasteiger partial charge in [-0.25, -0.2) is 0 Å². The van der Waals surface area contributed by atoms with Crippen LogP contribution < -0.4 is 10.2 Å². The Kier molecular flexibility index (Phi) is 3.20. The van der Waals surface area contributed by atoms with E-state index in [1.807, 2.05) is 0 Å². The van der Waals surface area contributed by atoms with E-state index < -0.39 is 5.92 Å². The van der Waals surface area contributed by atoms with Gasteiger partial charge in [-0.3, -0.25) is 14.5 Å². The van der Waals surface area contributed by atoms with Gasteiger partial charge in [-0.05, 0) is 13.8 Å².